The van der Waals surface area contributed by atoms with Crippen molar-refractivity contribution < 1.29 is 14.6 Å². The van der Waals surface area contributed by atoms with Crippen LogP contribution in [-0.4, -0.2) is 35.2 Å². The Morgan fingerprint density at radius 2 is 1.91 bits per heavy atom. The van der Waals surface area contributed by atoms with Gasteiger partial charge in [-0.2, -0.15) is 0 Å². The third kappa shape index (κ3) is 3.86. The Bertz CT molecular complexity index is 838. The van der Waals surface area contributed by atoms with Gasteiger partial charge in [0.2, 0.25) is 0 Å². The number of aromatic nitrogens is 1. The molecule has 0 saturated heterocycles. The van der Waals surface area contributed by atoms with Crippen LogP contribution in [0.15, 0.2) is 18.3 Å². The Morgan fingerprint density at radius 3 is 2.66 bits per heavy atom. The number of ether oxygens (including phenoxy) is 1. The van der Waals surface area contributed by atoms with Crippen LogP contribution in [-0.2, 0) is 16.0 Å². The van der Waals surface area contributed by atoms with E-state index in [2.05, 4.69) is 18.0 Å². The Morgan fingerprint density at radius 1 is 1.09 bits per heavy atom. The van der Waals surface area contributed by atoms with E-state index < -0.39 is 5.60 Å². The molecule has 32 heavy (non-hydrogen) atoms. The van der Waals surface area contributed by atoms with Crippen LogP contribution in [0.4, 0.5) is 0 Å². The molecule has 1 aromatic rings. The molecular formula is C28H41NO3. The standard InChI is InChI=1S/C28H41NO3/c1-18-4-5-19(16-29-18)14-26(30)25-9-8-24-23-7-6-20-15-28(31,17-32-3)13-11-21(20)22(23)10-12-27(24,25)2/h4-5,16,20-25,31H,6-15,17H2,1-3H3/t20-,21+,22-,23-,24+,25-,27+,28-/m1/s1. The van der Waals surface area contributed by atoms with Crippen molar-refractivity contribution >= 4 is 5.78 Å². The summed E-state index contributed by atoms with van der Waals surface area (Å²) >= 11 is 0. The maximum absolute atomic E-state index is 13.4. The summed E-state index contributed by atoms with van der Waals surface area (Å²) in [7, 11) is 1.70. The van der Waals surface area contributed by atoms with E-state index in [1.165, 1.54) is 32.1 Å². The van der Waals surface area contributed by atoms with Gasteiger partial charge in [0.1, 0.15) is 5.78 Å². The first kappa shape index (κ1) is 22.5. The molecular weight excluding hydrogens is 398 g/mol. The minimum absolute atomic E-state index is 0.175. The summed E-state index contributed by atoms with van der Waals surface area (Å²) in [6, 6.07) is 4.09. The van der Waals surface area contributed by atoms with E-state index in [0.717, 1.165) is 54.7 Å². The number of carbonyl (C=O) groups is 1. The summed E-state index contributed by atoms with van der Waals surface area (Å²) in [5.74, 6) is 4.36. The predicted octanol–water partition coefficient (Wildman–Crippen LogP) is 5.15. The van der Waals surface area contributed by atoms with E-state index >= 15 is 0 Å². The minimum atomic E-state index is -0.609. The van der Waals surface area contributed by atoms with Crippen LogP contribution in [0.3, 0.4) is 0 Å². The summed E-state index contributed by atoms with van der Waals surface area (Å²) in [6.07, 6.45) is 12.7. The lowest BCUT2D eigenvalue weighted by Crippen LogP contribution is -2.52. The average molecular weight is 440 g/mol. The molecule has 4 fully saturated rings. The Labute approximate surface area is 193 Å². The largest absolute Gasteiger partial charge is 0.387 e. The van der Waals surface area contributed by atoms with Crippen LogP contribution < -0.4 is 0 Å². The molecule has 0 radical (unpaired) electrons. The Balaban J connectivity index is 1.28. The van der Waals surface area contributed by atoms with E-state index in [9.17, 15) is 9.90 Å². The lowest BCUT2D eigenvalue weighted by atomic mass is 9.49. The first-order valence-electron chi connectivity index (χ1n) is 13.0. The number of hydrogen-bond acceptors (Lipinski definition) is 4. The SMILES string of the molecule is COC[C@@]1(O)CC[C@H]2[C@H](CC[C@@H]3[C@@H]2CC[C@]2(C)[C@@H](C(=O)Cc4ccc(C)nc4)CC[C@@H]32)C1. The predicted molar refractivity (Wildman–Crippen MR) is 125 cm³/mol. The number of pyridine rings is 1. The van der Waals surface area contributed by atoms with Crippen LogP contribution in [0.2, 0.25) is 0 Å². The van der Waals surface area contributed by atoms with Gasteiger partial charge in [-0.1, -0.05) is 13.0 Å². The van der Waals surface area contributed by atoms with Crippen molar-refractivity contribution in [3.05, 3.63) is 29.6 Å². The van der Waals surface area contributed by atoms with E-state index in [1.54, 1.807) is 7.11 Å². The summed E-state index contributed by atoms with van der Waals surface area (Å²) in [6.45, 7) is 4.91. The first-order valence-corrected chi connectivity index (χ1v) is 13.0. The summed E-state index contributed by atoms with van der Waals surface area (Å²) in [5, 5.41) is 11.0. The zero-order chi connectivity index (χ0) is 22.5. The van der Waals surface area contributed by atoms with Crippen LogP contribution >= 0.6 is 0 Å². The van der Waals surface area contributed by atoms with Crippen molar-refractivity contribution in [2.45, 2.75) is 83.7 Å². The second kappa shape index (κ2) is 8.51. The molecule has 176 valence electrons. The number of aryl methyl sites for hydroxylation is 1. The van der Waals surface area contributed by atoms with Gasteiger partial charge >= 0.3 is 0 Å². The van der Waals surface area contributed by atoms with E-state index in [0.29, 0.717) is 30.6 Å². The van der Waals surface area contributed by atoms with Gasteiger partial charge in [-0.3, -0.25) is 9.78 Å². The lowest BCUT2D eigenvalue weighted by Gasteiger charge is -2.57. The Kier molecular flexibility index (Phi) is 5.99. The lowest BCUT2D eigenvalue weighted by molar-refractivity contribution is -0.135. The van der Waals surface area contributed by atoms with Crippen molar-refractivity contribution in [3.63, 3.8) is 0 Å². The molecule has 4 aliphatic carbocycles. The number of rotatable bonds is 5. The number of methoxy groups -OCH3 is 1. The highest BCUT2D eigenvalue weighted by Crippen LogP contribution is 2.64. The normalized spacial score (nSPS) is 43.2. The van der Waals surface area contributed by atoms with Gasteiger partial charge in [-0.15, -0.1) is 0 Å². The Hall–Kier alpha value is -1.26. The molecule has 0 amide bonds. The smallest absolute Gasteiger partial charge is 0.140 e. The molecule has 4 aliphatic rings. The van der Waals surface area contributed by atoms with Crippen molar-refractivity contribution in [1.29, 1.82) is 0 Å². The number of fused-ring (bicyclic) bond motifs is 5. The number of aliphatic hydroxyl groups is 1. The third-order valence-electron chi connectivity index (χ3n) is 10.3. The number of Topliss-reactive ketones (excluding diaryl/α,β-unsaturated/α-hetero) is 1. The van der Waals surface area contributed by atoms with Gasteiger partial charge in [0, 0.05) is 31.3 Å². The van der Waals surface area contributed by atoms with Gasteiger partial charge in [0.05, 0.1) is 12.2 Å². The molecule has 0 aliphatic heterocycles. The van der Waals surface area contributed by atoms with Crippen molar-refractivity contribution in [3.8, 4) is 0 Å². The van der Waals surface area contributed by atoms with E-state index in [1.807, 2.05) is 19.2 Å². The number of nitrogens with zero attached hydrogens (tertiary/aromatic N) is 1. The second-order valence-corrected chi connectivity index (χ2v) is 12.0. The number of ketones is 1. The van der Waals surface area contributed by atoms with Gasteiger partial charge in [-0.25, -0.2) is 0 Å². The van der Waals surface area contributed by atoms with Crippen molar-refractivity contribution in [2.24, 2.45) is 40.9 Å². The van der Waals surface area contributed by atoms with Gasteiger partial charge < -0.3 is 9.84 Å². The molecule has 1 N–H and O–H groups in total. The van der Waals surface area contributed by atoms with E-state index in [-0.39, 0.29) is 11.3 Å². The topological polar surface area (TPSA) is 59.4 Å². The molecule has 8 atom stereocenters. The van der Waals surface area contributed by atoms with Gasteiger partial charge in [0.15, 0.2) is 0 Å². The molecule has 0 bridgehead atoms. The molecule has 1 aromatic heterocycles. The van der Waals surface area contributed by atoms with Crippen LogP contribution in [0.5, 0.6) is 0 Å². The summed E-state index contributed by atoms with van der Waals surface area (Å²) in [4.78, 5) is 17.8. The fourth-order valence-corrected chi connectivity index (χ4v) is 8.82. The molecule has 0 aromatic carbocycles. The third-order valence-corrected chi connectivity index (χ3v) is 10.3. The molecule has 5 rings (SSSR count). The van der Waals surface area contributed by atoms with E-state index in [4.69, 9.17) is 4.74 Å². The van der Waals surface area contributed by atoms with Crippen molar-refractivity contribution in [1.82, 2.24) is 4.98 Å². The van der Waals surface area contributed by atoms with Crippen LogP contribution in [0, 0.1) is 47.8 Å². The number of hydrogen-bond donors (Lipinski definition) is 1. The molecule has 4 heteroatoms. The van der Waals surface area contributed by atoms with Crippen LogP contribution in [0.1, 0.15) is 76.0 Å². The summed E-state index contributed by atoms with van der Waals surface area (Å²) < 4.78 is 5.34. The fourth-order valence-electron chi connectivity index (χ4n) is 8.82. The molecule has 0 unspecified atom stereocenters. The molecule has 4 nitrogen and oxygen atoms in total. The highest BCUT2D eigenvalue weighted by atomic mass is 16.5. The van der Waals surface area contributed by atoms with Gasteiger partial charge in [0.25, 0.3) is 0 Å². The zero-order valence-corrected chi connectivity index (χ0v) is 20.2. The minimum Gasteiger partial charge on any atom is -0.387 e. The van der Waals surface area contributed by atoms with Crippen LogP contribution in [0.25, 0.3) is 0 Å². The monoisotopic (exact) mass is 439 g/mol. The molecule has 1 heterocycles. The van der Waals surface area contributed by atoms with Crippen molar-refractivity contribution in [2.75, 3.05) is 13.7 Å². The number of carbonyl (C=O) groups excluding carboxylic acids is 1. The molecule has 4 saturated carbocycles. The second-order valence-electron chi connectivity index (χ2n) is 12.0. The highest BCUT2D eigenvalue weighted by Gasteiger charge is 2.58. The molecule has 0 spiro atoms. The zero-order valence-electron chi connectivity index (χ0n) is 20.2. The maximum Gasteiger partial charge on any atom is 0.140 e. The highest BCUT2D eigenvalue weighted by molar-refractivity contribution is 5.84. The first-order chi connectivity index (χ1) is 15.3. The van der Waals surface area contributed by atoms with Gasteiger partial charge in [-0.05, 0) is 111 Å². The average Bonchev–Trinajstić information content (AvgIpc) is 3.12. The maximum atomic E-state index is 13.4. The quantitative estimate of drug-likeness (QED) is 0.689. The fraction of sp³-hybridized carbons (Fsp3) is 0.786. The summed E-state index contributed by atoms with van der Waals surface area (Å²) in [5.41, 5.74) is 1.63.